The second-order valence-corrected chi connectivity index (χ2v) is 4.43. The Morgan fingerprint density at radius 2 is 2.00 bits per heavy atom. The lowest BCUT2D eigenvalue weighted by atomic mass is 10.1. The van der Waals surface area contributed by atoms with Crippen LogP contribution < -0.4 is 5.32 Å². The fourth-order valence-corrected chi connectivity index (χ4v) is 1.88. The second kappa shape index (κ2) is 8.67. The quantitative estimate of drug-likeness (QED) is 0.706. The maximum atomic E-state index is 11.7. The van der Waals surface area contributed by atoms with Gasteiger partial charge in [0.25, 0.3) is 0 Å². The van der Waals surface area contributed by atoms with E-state index >= 15 is 0 Å². The third-order valence-electron chi connectivity index (χ3n) is 2.89. The van der Waals surface area contributed by atoms with E-state index in [2.05, 4.69) is 5.32 Å². The molecule has 4 heteroatoms. The predicted octanol–water partition coefficient (Wildman–Crippen LogP) is 2.04. The first-order valence-electron chi connectivity index (χ1n) is 6.82. The molecule has 106 valence electrons. The van der Waals surface area contributed by atoms with Crippen molar-refractivity contribution in [2.75, 3.05) is 13.2 Å². The molecule has 0 amide bonds. The molecule has 19 heavy (non-hydrogen) atoms. The smallest absolute Gasteiger partial charge is 0.323 e. The zero-order chi connectivity index (χ0) is 14.1. The van der Waals surface area contributed by atoms with Gasteiger partial charge in [-0.15, -0.1) is 0 Å². The summed E-state index contributed by atoms with van der Waals surface area (Å²) in [7, 11) is 0. The van der Waals surface area contributed by atoms with Crippen molar-refractivity contribution in [3.63, 3.8) is 0 Å². The minimum atomic E-state index is -0.616. The van der Waals surface area contributed by atoms with Crippen molar-refractivity contribution in [3.05, 3.63) is 35.9 Å². The number of aliphatic hydroxyl groups excluding tert-OH is 1. The fourth-order valence-electron chi connectivity index (χ4n) is 1.88. The van der Waals surface area contributed by atoms with E-state index in [1.165, 1.54) is 0 Å². The van der Waals surface area contributed by atoms with Crippen molar-refractivity contribution in [1.29, 1.82) is 0 Å². The Labute approximate surface area is 114 Å². The van der Waals surface area contributed by atoms with Gasteiger partial charge in [-0.2, -0.15) is 0 Å². The topological polar surface area (TPSA) is 58.6 Å². The van der Waals surface area contributed by atoms with E-state index in [9.17, 15) is 9.90 Å². The Hall–Kier alpha value is -1.39. The van der Waals surface area contributed by atoms with Crippen molar-refractivity contribution in [2.45, 2.75) is 38.8 Å². The average molecular weight is 265 g/mol. The minimum Gasteiger partial charge on any atom is -0.465 e. The van der Waals surface area contributed by atoms with Crippen LogP contribution in [0.15, 0.2) is 30.3 Å². The zero-order valence-electron chi connectivity index (χ0n) is 11.6. The van der Waals surface area contributed by atoms with Crippen molar-refractivity contribution < 1.29 is 14.6 Å². The Bertz CT molecular complexity index is 367. The molecule has 2 unspecified atom stereocenters. The summed E-state index contributed by atoms with van der Waals surface area (Å²) in [6.07, 6.45) is 0.980. The van der Waals surface area contributed by atoms with Gasteiger partial charge < -0.3 is 15.2 Å². The van der Waals surface area contributed by atoms with E-state index in [0.717, 1.165) is 12.0 Å². The Morgan fingerprint density at radius 1 is 1.32 bits per heavy atom. The molecule has 0 saturated carbocycles. The molecule has 1 rings (SSSR count). The van der Waals surface area contributed by atoms with E-state index in [1.54, 1.807) is 6.92 Å². The van der Waals surface area contributed by atoms with Gasteiger partial charge in [-0.1, -0.05) is 43.7 Å². The molecule has 0 aliphatic heterocycles. The van der Waals surface area contributed by atoms with Gasteiger partial charge in [0, 0.05) is 6.54 Å². The van der Waals surface area contributed by atoms with Crippen LogP contribution >= 0.6 is 0 Å². The number of aliphatic hydroxyl groups is 1. The van der Waals surface area contributed by atoms with Crippen LogP contribution in [0.3, 0.4) is 0 Å². The van der Waals surface area contributed by atoms with Gasteiger partial charge in [-0.05, 0) is 18.9 Å². The largest absolute Gasteiger partial charge is 0.465 e. The van der Waals surface area contributed by atoms with E-state index in [4.69, 9.17) is 4.74 Å². The lowest BCUT2D eigenvalue weighted by molar-refractivity contribution is -0.146. The van der Waals surface area contributed by atoms with Crippen molar-refractivity contribution in [3.8, 4) is 0 Å². The minimum absolute atomic E-state index is 0.246. The molecule has 0 radical (unpaired) electrons. The molecule has 0 aliphatic rings. The second-order valence-electron chi connectivity index (χ2n) is 4.43. The molecule has 0 bridgehead atoms. The number of hydrogen-bond acceptors (Lipinski definition) is 4. The highest BCUT2D eigenvalue weighted by Crippen LogP contribution is 2.11. The average Bonchev–Trinajstić information content (AvgIpc) is 2.44. The number of ether oxygens (including phenoxy) is 1. The van der Waals surface area contributed by atoms with Crippen LogP contribution in [-0.4, -0.2) is 30.3 Å². The number of benzene rings is 1. The molecule has 1 aromatic rings. The lowest BCUT2D eigenvalue weighted by Gasteiger charge is -2.19. The molecule has 2 atom stereocenters. The number of esters is 1. The highest BCUT2D eigenvalue weighted by atomic mass is 16.5. The summed E-state index contributed by atoms with van der Waals surface area (Å²) in [5, 5.41) is 13.1. The number of hydrogen-bond donors (Lipinski definition) is 2. The standard InChI is InChI=1S/C15H23NO3/c1-3-8-13(15(18)19-4-2)16-11-14(17)12-9-6-5-7-10-12/h5-7,9-10,13-14,16-17H,3-4,8,11H2,1-2H3. The highest BCUT2D eigenvalue weighted by molar-refractivity contribution is 5.75. The van der Waals surface area contributed by atoms with Crippen LogP contribution in [-0.2, 0) is 9.53 Å². The maximum absolute atomic E-state index is 11.7. The number of rotatable bonds is 8. The molecular weight excluding hydrogens is 242 g/mol. The van der Waals surface area contributed by atoms with Gasteiger partial charge in [0.05, 0.1) is 12.7 Å². The molecule has 0 aromatic heterocycles. The Morgan fingerprint density at radius 3 is 2.58 bits per heavy atom. The molecule has 0 heterocycles. The first-order chi connectivity index (χ1) is 9.19. The first-order valence-corrected chi connectivity index (χ1v) is 6.82. The van der Waals surface area contributed by atoms with E-state index in [-0.39, 0.29) is 12.0 Å². The van der Waals surface area contributed by atoms with Gasteiger partial charge in [0.1, 0.15) is 6.04 Å². The van der Waals surface area contributed by atoms with E-state index < -0.39 is 6.10 Å². The Balaban J connectivity index is 2.49. The molecule has 0 aliphatic carbocycles. The van der Waals surface area contributed by atoms with Crippen molar-refractivity contribution in [2.24, 2.45) is 0 Å². The summed E-state index contributed by atoms with van der Waals surface area (Å²) >= 11 is 0. The van der Waals surface area contributed by atoms with Crippen molar-refractivity contribution >= 4 is 5.97 Å². The molecule has 0 fully saturated rings. The normalized spacial score (nSPS) is 13.8. The van der Waals surface area contributed by atoms with E-state index in [0.29, 0.717) is 19.6 Å². The summed E-state index contributed by atoms with van der Waals surface area (Å²) in [4.78, 5) is 11.7. The summed E-state index contributed by atoms with van der Waals surface area (Å²) < 4.78 is 5.01. The number of nitrogens with one attached hydrogen (secondary N) is 1. The maximum Gasteiger partial charge on any atom is 0.323 e. The molecular formula is C15H23NO3. The van der Waals surface area contributed by atoms with Crippen LogP contribution in [0.1, 0.15) is 38.4 Å². The Kier molecular flexibility index (Phi) is 7.15. The molecule has 4 nitrogen and oxygen atoms in total. The third kappa shape index (κ3) is 5.41. The predicted molar refractivity (Wildman–Crippen MR) is 74.7 cm³/mol. The van der Waals surface area contributed by atoms with Crippen LogP contribution in [0, 0.1) is 0 Å². The van der Waals surface area contributed by atoms with Crippen LogP contribution in [0.2, 0.25) is 0 Å². The highest BCUT2D eigenvalue weighted by Gasteiger charge is 2.19. The summed E-state index contributed by atoms with van der Waals surface area (Å²) in [6, 6.07) is 9.06. The van der Waals surface area contributed by atoms with E-state index in [1.807, 2.05) is 37.3 Å². The van der Waals surface area contributed by atoms with Gasteiger partial charge in [0.15, 0.2) is 0 Å². The molecule has 2 N–H and O–H groups in total. The SMILES string of the molecule is CCCC(NCC(O)c1ccccc1)C(=O)OCC. The molecule has 0 saturated heterocycles. The van der Waals surface area contributed by atoms with Crippen LogP contribution in [0.4, 0.5) is 0 Å². The van der Waals surface area contributed by atoms with Gasteiger partial charge in [0.2, 0.25) is 0 Å². The van der Waals surface area contributed by atoms with Crippen molar-refractivity contribution in [1.82, 2.24) is 5.32 Å². The number of carbonyl (C=O) groups excluding carboxylic acids is 1. The molecule has 1 aromatic carbocycles. The zero-order valence-corrected chi connectivity index (χ0v) is 11.6. The van der Waals surface area contributed by atoms with Gasteiger partial charge in [-0.25, -0.2) is 0 Å². The van der Waals surface area contributed by atoms with Gasteiger partial charge >= 0.3 is 5.97 Å². The van der Waals surface area contributed by atoms with Crippen LogP contribution in [0.5, 0.6) is 0 Å². The number of carbonyl (C=O) groups is 1. The fraction of sp³-hybridized carbons (Fsp3) is 0.533. The third-order valence-corrected chi connectivity index (χ3v) is 2.89. The lowest BCUT2D eigenvalue weighted by Crippen LogP contribution is -2.40. The molecule has 0 spiro atoms. The summed E-state index contributed by atoms with van der Waals surface area (Å²) in [6.45, 7) is 4.52. The summed E-state index contributed by atoms with van der Waals surface area (Å²) in [5.41, 5.74) is 0.842. The monoisotopic (exact) mass is 265 g/mol. The van der Waals surface area contributed by atoms with Gasteiger partial charge in [-0.3, -0.25) is 4.79 Å². The summed E-state index contributed by atoms with van der Waals surface area (Å²) in [5.74, 6) is -0.246. The van der Waals surface area contributed by atoms with Crippen LogP contribution in [0.25, 0.3) is 0 Å². The first kappa shape index (κ1) is 15.7.